The number of hydrogen-bond acceptors (Lipinski definition) is 5. The monoisotopic (exact) mass is 1120 g/mol. The highest BCUT2D eigenvalue weighted by Gasteiger charge is 2.18. The van der Waals surface area contributed by atoms with Crippen LogP contribution < -0.4 is 5.32 Å². The first-order valence-electron chi connectivity index (χ1n) is 36.3. The van der Waals surface area contributed by atoms with Gasteiger partial charge in [0.25, 0.3) is 0 Å². The van der Waals surface area contributed by atoms with Gasteiger partial charge >= 0.3 is 5.97 Å². The Hall–Kier alpha value is -1.92. The molecule has 1 amide bonds. The zero-order valence-corrected chi connectivity index (χ0v) is 54.1. The van der Waals surface area contributed by atoms with Gasteiger partial charge in [-0.2, -0.15) is 0 Å². The third-order valence-corrected chi connectivity index (χ3v) is 16.9. The fraction of sp³-hybridized carbons (Fsp3) is 0.892. The molecule has 2 atom stereocenters. The van der Waals surface area contributed by atoms with Crippen LogP contribution in [0.4, 0.5) is 0 Å². The number of carbonyl (C=O) groups is 2. The van der Waals surface area contributed by atoms with E-state index in [-0.39, 0.29) is 18.5 Å². The predicted octanol–water partition coefficient (Wildman–Crippen LogP) is 23.5. The highest BCUT2D eigenvalue weighted by atomic mass is 16.5. The molecule has 0 aliphatic carbocycles. The van der Waals surface area contributed by atoms with Crippen LogP contribution in [0.2, 0.25) is 0 Å². The Bertz CT molecular complexity index is 1300. The summed E-state index contributed by atoms with van der Waals surface area (Å²) in [5.74, 6) is -0.0538. The minimum atomic E-state index is -0.844. The number of aliphatic hydroxyl groups excluding tert-OH is 2. The number of unbranched alkanes of at least 4 members (excludes halogenated alkanes) is 53. The molecule has 0 aliphatic rings. The van der Waals surface area contributed by atoms with Crippen LogP contribution in [0, 0.1) is 0 Å². The summed E-state index contributed by atoms with van der Waals surface area (Å²) in [7, 11) is 0. The maximum Gasteiger partial charge on any atom is 0.305 e. The van der Waals surface area contributed by atoms with Crippen LogP contribution in [-0.4, -0.2) is 47.4 Å². The van der Waals surface area contributed by atoms with E-state index < -0.39 is 12.1 Å². The van der Waals surface area contributed by atoms with Gasteiger partial charge in [-0.25, -0.2) is 0 Å². The Labute approximate surface area is 500 Å². The van der Waals surface area contributed by atoms with E-state index in [1.54, 1.807) is 6.08 Å². The summed E-state index contributed by atoms with van der Waals surface area (Å²) in [6, 6.07) is -0.627. The fourth-order valence-corrected chi connectivity index (χ4v) is 11.3. The average molecular weight is 1120 g/mol. The van der Waals surface area contributed by atoms with Crippen molar-refractivity contribution in [2.45, 2.75) is 411 Å². The van der Waals surface area contributed by atoms with E-state index in [1.807, 2.05) is 6.08 Å². The highest BCUT2D eigenvalue weighted by molar-refractivity contribution is 5.76. The summed E-state index contributed by atoms with van der Waals surface area (Å²) in [4.78, 5) is 24.6. The molecule has 0 aliphatic heterocycles. The third-order valence-electron chi connectivity index (χ3n) is 16.9. The average Bonchev–Trinajstić information content (AvgIpc) is 3.46. The number of carbonyl (C=O) groups excluding carboxylic acids is 2. The van der Waals surface area contributed by atoms with Gasteiger partial charge in [-0.3, -0.25) is 9.59 Å². The summed E-state index contributed by atoms with van der Waals surface area (Å²) in [5, 5.41) is 23.2. The Kier molecular flexibility index (Phi) is 67.9. The second-order valence-corrected chi connectivity index (χ2v) is 24.9. The van der Waals surface area contributed by atoms with Gasteiger partial charge < -0.3 is 20.3 Å². The predicted molar refractivity (Wildman–Crippen MR) is 352 cm³/mol. The van der Waals surface area contributed by atoms with Gasteiger partial charge in [-0.15, -0.1) is 0 Å². The molecule has 0 bridgehead atoms. The lowest BCUT2D eigenvalue weighted by Gasteiger charge is -2.20. The number of hydrogen-bond donors (Lipinski definition) is 3. The number of ether oxygens (including phenoxy) is 1. The summed E-state index contributed by atoms with van der Waals surface area (Å²) in [6.07, 6.45) is 89.5. The maximum absolute atomic E-state index is 12.5. The molecule has 472 valence electrons. The number of esters is 1. The van der Waals surface area contributed by atoms with Crippen molar-refractivity contribution in [2.24, 2.45) is 0 Å². The van der Waals surface area contributed by atoms with Crippen LogP contribution in [0.5, 0.6) is 0 Å². The van der Waals surface area contributed by atoms with E-state index in [2.05, 4.69) is 43.5 Å². The lowest BCUT2D eigenvalue weighted by molar-refractivity contribution is -0.143. The van der Waals surface area contributed by atoms with Crippen molar-refractivity contribution in [3.05, 3.63) is 36.5 Å². The van der Waals surface area contributed by atoms with Gasteiger partial charge in [0.2, 0.25) is 5.91 Å². The molecule has 0 spiro atoms. The van der Waals surface area contributed by atoms with Crippen molar-refractivity contribution < 1.29 is 24.5 Å². The lowest BCUT2D eigenvalue weighted by Crippen LogP contribution is -2.45. The Morgan fingerprint density at radius 3 is 0.887 bits per heavy atom. The molecule has 0 rings (SSSR count). The molecule has 0 radical (unpaired) electrons. The zero-order chi connectivity index (χ0) is 57.8. The first kappa shape index (κ1) is 78.1. The van der Waals surface area contributed by atoms with Crippen LogP contribution in [0.25, 0.3) is 0 Å². The normalized spacial score (nSPS) is 12.7. The Morgan fingerprint density at radius 2 is 0.588 bits per heavy atom. The van der Waals surface area contributed by atoms with Crippen LogP contribution in [0.15, 0.2) is 36.5 Å². The Morgan fingerprint density at radius 1 is 0.338 bits per heavy atom. The van der Waals surface area contributed by atoms with Crippen LogP contribution >= 0.6 is 0 Å². The van der Waals surface area contributed by atoms with Crippen molar-refractivity contribution in [2.75, 3.05) is 13.2 Å². The molecule has 0 aromatic rings. The highest BCUT2D eigenvalue weighted by Crippen LogP contribution is 2.18. The largest absolute Gasteiger partial charge is 0.466 e. The molecule has 0 fully saturated rings. The van der Waals surface area contributed by atoms with Gasteiger partial charge in [-0.05, 0) is 83.5 Å². The van der Waals surface area contributed by atoms with E-state index >= 15 is 0 Å². The SMILES string of the molecule is CCCCCCCCC/C=C\CCCCCCCC(=O)OCCCCCCCCCCCCCC/C=C\CCCCCCCCCCCCCCCCC(=O)NC(CO)C(O)/C=C/CCCCCCCCCCCCCCCCC. The molecule has 0 saturated carbocycles. The van der Waals surface area contributed by atoms with Crippen molar-refractivity contribution in [3.63, 3.8) is 0 Å². The molecule has 0 aromatic carbocycles. The van der Waals surface area contributed by atoms with Crippen molar-refractivity contribution in [3.8, 4) is 0 Å². The van der Waals surface area contributed by atoms with Crippen molar-refractivity contribution in [1.29, 1.82) is 0 Å². The lowest BCUT2D eigenvalue weighted by atomic mass is 10.0. The summed E-state index contributed by atoms with van der Waals surface area (Å²) >= 11 is 0. The van der Waals surface area contributed by atoms with Crippen molar-refractivity contribution in [1.82, 2.24) is 5.32 Å². The molecular formula is C74H141NO5. The number of aliphatic hydroxyl groups is 2. The number of allylic oxidation sites excluding steroid dienone is 5. The van der Waals surface area contributed by atoms with E-state index in [4.69, 9.17) is 4.74 Å². The molecule has 6 nitrogen and oxygen atoms in total. The first-order valence-corrected chi connectivity index (χ1v) is 36.3. The van der Waals surface area contributed by atoms with Crippen LogP contribution in [0.3, 0.4) is 0 Å². The van der Waals surface area contributed by atoms with E-state index in [0.717, 1.165) is 44.9 Å². The summed E-state index contributed by atoms with van der Waals surface area (Å²) in [5.41, 5.74) is 0. The maximum atomic E-state index is 12.5. The molecule has 3 N–H and O–H groups in total. The molecule has 80 heavy (non-hydrogen) atoms. The molecule has 0 heterocycles. The van der Waals surface area contributed by atoms with Crippen molar-refractivity contribution >= 4 is 11.9 Å². The number of nitrogens with one attached hydrogen (secondary N) is 1. The van der Waals surface area contributed by atoms with Gasteiger partial charge in [-0.1, -0.05) is 339 Å². The zero-order valence-electron chi connectivity index (χ0n) is 54.1. The van der Waals surface area contributed by atoms with Gasteiger partial charge in [0.05, 0.1) is 25.4 Å². The minimum absolute atomic E-state index is 0.00987. The standard InChI is InChI=1S/C74H141NO5/c1-3-5-7-9-11-13-15-17-19-35-38-42-46-50-54-58-62-66-72(77)71(70-76)75-73(78)67-63-59-55-51-47-43-39-36-33-31-29-27-25-23-21-22-24-26-28-30-32-34-37-41-45-49-53-57-61-65-69-80-74(79)68-64-60-56-52-48-44-40-20-18-16-14-12-10-8-6-4-2/h20,22,24,40,62,66,71-72,76-77H,3-19,21,23,25-39,41-61,63-65,67-70H2,1-2H3,(H,75,78)/b24-22-,40-20-,66-62+. The van der Waals surface area contributed by atoms with Gasteiger partial charge in [0.15, 0.2) is 0 Å². The topological polar surface area (TPSA) is 95.9 Å². The molecule has 0 saturated heterocycles. The molecule has 0 aromatic heterocycles. The van der Waals surface area contributed by atoms with E-state index in [1.165, 1.54) is 327 Å². The minimum Gasteiger partial charge on any atom is -0.466 e. The number of rotatable bonds is 68. The molecule has 6 heteroatoms. The van der Waals surface area contributed by atoms with E-state index in [9.17, 15) is 19.8 Å². The Balaban J connectivity index is 3.38. The van der Waals surface area contributed by atoms with Gasteiger partial charge in [0.1, 0.15) is 0 Å². The summed E-state index contributed by atoms with van der Waals surface area (Å²) in [6.45, 7) is 4.93. The smallest absolute Gasteiger partial charge is 0.305 e. The quantitative estimate of drug-likeness (QED) is 0.0320. The third kappa shape index (κ3) is 65.2. The molecular weight excluding hydrogens is 983 g/mol. The van der Waals surface area contributed by atoms with Crippen LogP contribution in [0.1, 0.15) is 399 Å². The summed E-state index contributed by atoms with van der Waals surface area (Å²) < 4.78 is 5.50. The second-order valence-electron chi connectivity index (χ2n) is 24.9. The fourth-order valence-electron chi connectivity index (χ4n) is 11.3. The first-order chi connectivity index (χ1) is 39.5. The van der Waals surface area contributed by atoms with Crippen LogP contribution in [-0.2, 0) is 14.3 Å². The van der Waals surface area contributed by atoms with Gasteiger partial charge in [0, 0.05) is 12.8 Å². The second kappa shape index (κ2) is 69.6. The van der Waals surface area contributed by atoms with E-state index in [0.29, 0.717) is 19.4 Å². The molecule has 2 unspecified atom stereocenters. The number of amides is 1.